The van der Waals surface area contributed by atoms with Crippen LogP contribution in [0.4, 0.5) is 18.0 Å². The van der Waals surface area contributed by atoms with Gasteiger partial charge in [-0.2, -0.15) is 0 Å². The summed E-state index contributed by atoms with van der Waals surface area (Å²) in [5.74, 6) is -0.423. The lowest BCUT2D eigenvalue weighted by atomic mass is 9.72. The van der Waals surface area contributed by atoms with Crippen molar-refractivity contribution in [3.63, 3.8) is 0 Å². The van der Waals surface area contributed by atoms with Gasteiger partial charge in [0, 0.05) is 18.5 Å². The normalized spacial score (nSPS) is 29.5. The zero-order chi connectivity index (χ0) is 21.9. The Labute approximate surface area is 173 Å². The minimum Gasteiger partial charge on any atom is -0.378 e. The Kier molecular flexibility index (Phi) is 7.13. The Bertz CT molecular complexity index is 603. The number of nitrogens with zero attached hydrogens (tertiary/aromatic N) is 1. The number of urea groups is 1. The van der Waals surface area contributed by atoms with Crippen molar-refractivity contribution in [3.8, 4) is 0 Å². The molecule has 1 saturated carbocycles. The van der Waals surface area contributed by atoms with E-state index in [1.165, 1.54) is 4.90 Å². The number of carbonyl (C=O) groups is 2. The van der Waals surface area contributed by atoms with Crippen LogP contribution >= 0.6 is 0 Å². The Morgan fingerprint density at radius 3 is 2.37 bits per heavy atom. The van der Waals surface area contributed by atoms with E-state index >= 15 is 0 Å². The Morgan fingerprint density at radius 2 is 1.87 bits per heavy atom. The Balaban J connectivity index is 1.55. The van der Waals surface area contributed by atoms with Gasteiger partial charge in [0.2, 0.25) is 5.91 Å². The van der Waals surface area contributed by atoms with Crippen LogP contribution in [0.2, 0.25) is 0 Å². The molecule has 8 nitrogen and oxygen atoms in total. The largest absolute Gasteiger partial charge is 0.522 e. The molecule has 2 atom stereocenters. The first-order valence-electron chi connectivity index (χ1n) is 10.4. The number of hydrogen-bond donors (Lipinski definition) is 2. The van der Waals surface area contributed by atoms with Crippen LogP contribution < -0.4 is 11.1 Å². The molecule has 4 aliphatic rings. The van der Waals surface area contributed by atoms with Crippen LogP contribution in [0.25, 0.3) is 0 Å². The number of amides is 3. The van der Waals surface area contributed by atoms with Crippen molar-refractivity contribution < 1.29 is 37.0 Å². The number of alkyl halides is 3. The number of likely N-dealkylation sites (tertiary alicyclic amines) is 1. The monoisotopic (exact) mass is 437 g/mol. The number of nitrogens with one attached hydrogen (secondary N) is 1. The van der Waals surface area contributed by atoms with Crippen LogP contribution in [-0.2, 0) is 19.0 Å². The maximum atomic E-state index is 13.0. The van der Waals surface area contributed by atoms with Crippen molar-refractivity contribution in [2.24, 2.45) is 11.1 Å². The van der Waals surface area contributed by atoms with Gasteiger partial charge in [0.15, 0.2) is 0 Å². The van der Waals surface area contributed by atoms with E-state index in [1.54, 1.807) is 6.92 Å². The third-order valence-corrected chi connectivity index (χ3v) is 6.36. The van der Waals surface area contributed by atoms with Crippen molar-refractivity contribution in [1.29, 1.82) is 0 Å². The van der Waals surface area contributed by atoms with E-state index in [4.69, 9.17) is 15.2 Å². The van der Waals surface area contributed by atoms with Gasteiger partial charge in [-0.15, -0.1) is 13.2 Å². The zero-order valence-electron chi connectivity index (χ0n) is 17.1. The highest BCUT2D eigenvalue weighted by atomic mass is 19.4. The van der Waals surface area contributed by atoms with E-state index in [0.29, 0.717) is 19.3 Å². The number of nitrogens with two attached hydrogens (primary N) is 1. The summed E-state index contributed by atoms with van der Waals surface area (Å²) in [4.78, 5) is 25.8. The molecule has 2 unspecified atom stereocenters. The third kappa shape index (κ3) is 5.98. The van der Waals surface area contributed by atoms with Gasteiger partial charge in [-0.1, -0.05) is 0 Å². The highest BCUT2D eigenvalue weighted by molar-refractivity contribution is 5.87. The zero-order valence-corrected chi connectivity index (χ0v) is 17.1. The van der Waals surface area contributed by atoms with Crippen LogP contribution in [0, 0.1) is 5.41 Å². The molecule has 0 aromatic carbocycles. The number of rotatable bonds is 7. The number of piperidine rings is 1. The molecule has 3 saturated heterocycles. The molecule has 4 fully saturated rings. The lowest BCUT2D eigenvalue weighted by molar-refractivity contribution is -0.345. The smallest absolute Gasteiger partial charge is 0.378 e. The second-order valence-corrected chi connectivity index (χ2v) is 8.60. The molecule has 2 bridgehead atoms. The minimum atomic E-state index is -4.70. The molecule has 0 spiro atoms. The molecule has 4 rings (SSSR count). The van der Waals surface area contributed by atoms with Crippen LogP contribution in [0.1, 0.15) is 45.4 Å². The molecular formula is C19H30F3N3O5. The Morgan fingerprint density at radius 1 is 1.23 bits per heavy atom. The first-order chi connectivity index (χ1) is 14.1. The fraction of sp³-hybridized carbons (Fsp3) is 0.895. The maximum Gasteiger partial charge on any atom is 0.522 e. The molecule has 172 valence electrons. The maximum absolute atomic E-state index is 13.0. The molecule has 3 aliphatic heterocycles. The SMILES string of the molecule is CC(OCC12CCC(CC1)OC2)C(NC(N)=O)C(=O)N1CCC(OC(F)(F)F)CC1. The summed E-state index contributed by atoms with van der Waals surface area (Å²) in [7, 11) is 0. The Hall–Kier alpha value is -1.59. The highest BCUT2D eigenvalue weighted by Crippen LogP contribution is 2.43. The summed E-state index contributed by atoms with van der Waals surface area (Å²) >= 11 is 0. The predicted molar refractivity (Wildman–Crippen MR) is 99.3 cm³/mol. The first-order valence-corrected chi connectivity index (χ1v) is 10.4. The number of ether oxygens (including phenoxy) is 3. The molecule has 0 radical (unpaired) electrons. The fourth-order valence-electron chi connectivity index (χ4n) is 4.51. The second-order valence-electron chi connectivity index (χ2n) is 8.60. The van der Waals surface area contributed by atoms with Crippen LogP contribution in [0.15, 0.2) is 0 Å². The molecule has 3 amide bonds. The van der Waals surface area contributed by atoms with Crippen molar-refractivity contribution >= 4 is 11.9 Å². The van der Waals surface area contributed by atoms with Crippen molar-refractivity contribution in [1.82, 2.24) is 10.2 Å². The van der Waals surface area contributed by atoms with E-state index in [2.05, 4.69) is 10.1 Å². The van der Waals surface area contributed by atoms with E-state index in [9.17, 15) is 22.8 Å². The summed E-state index contributed by atoms with van der Waals surface area (Å²) in [5.41, 5.74) is 5.17. The third-order valence-electron chi connectivity index (χ3n) is 6.36. The summed E-state index contributed by atoms with van der Waals surface area (Å²) in [5, 5.41) is 2.43. The summed E-state index contributed by atoms with van der Waals surface area (Å²) < 4.78 is 53.0. The molecule has 0 aromatic heterocycles. The van der Waals surface area contributed by atoms with Gasteiger partial charge in [-0.25, -0.2) is 4.79 Å². The van der Waals surface area contributed by atoms with Gasteiger partial charge in [0.05, 0.1) is 31.5 Å². The molecule has 3 N–H and O–H groups in total. The lowest BCUT2D eigenvalue weighted by Gasteiger charge is -2.46. The topological polar surface area (TPSA) is 103 Å². The average molecular weight is 437 g/mol. The van der Waals surface area contributed by atoms with E-state index in [1.807, 2.05) is 0 Å². The van der Waals surface area contributed by atoms with Crippen LogP contribution in [0.3, 0.4) is 0 Å². The number of halogens is 3. The summed E-state index contributed by atoms with van der Waals surface area (Å²) in [6.07, 6.45) is -1.89. The average Bonchev–Trinajstić information content (AvgIpc) is 2.70. The molecule has 30 heavy (non-hydrogen) atoms. The summed E-state index contributed by atoms with van der Waals surface area (Å²) in [6, 6.07) is -1.88. The number of primary amides is 1. The van der Waals surface area contributed by atoms with Gasteiger partial charge >= 0.3 is 12.4 Å². The van der Waals surface area contributed by atoms with Gasteiger partial charge < -0.3 is 25.4 Å². The van der Waals surface area contributed by atoms with Gasteiger partial charge in [0.1, 0.15) is 6.04 Å². The number of hydrogen-bond acceptors (Lipinski definition) is 5. The summed E-state index contributed by atoms with van der Waals surface area (Å²) in [6.45, 7) is 2.92. The van der Waals surface area contributed by atoms with Crippen LogP contribution in [0.5, 0.6) is 0 Å². The highest BCUT2D eigenvalue weighted by Gasteiger charge is 2.43. The lowest BCUT2D eigenvalue weighted by Crippen LogP contribution is -2.57. The number of fused-ring (bicyclic) bond motifs is 3. The minimum absolute atomic E-state index is 0.0609. The van der Waals surface area contributed by atoms with E-state index in [0.717, 1.165) is 25.7 Å². The van der Waals surface area contributed by atoms with Crippen molar-refractivity contribution in [2.45, 2.75) is 76.2 Å². The van der Waals surface area contributed by atoms with E-state index in [-0.39, 0.29) is 31.3 Å². The van der Waals surface area contributed by atoms with Crippen molar-refractivity contribution in [3.05, 3.63) is 0 Å². The molecular weight excluding hydrogens is 407 g/mol. The van der Waals surface area contributed by atoms with Crippen LogP contribution in [-0.4, -0.2) is 73.9 Å². The van der Waals surface area contributed by atoms with E-state index < -0.39 is 36.6 Å². The molecule has 11 heteroatoms. The molecule has 3 heterocycles. The number of carbonyl (C=O) groups excluding carboxylic acids is 2. The van der Waals surface area contributed by atoms with Gasteiger partial charge in [0.25, 0.3) is 0 Å². The van der Waals surface area contributed by atoms with Gasteiger partial charge in [-0.05, 0) is 45.4 Å². The van der Waals surface area contributed by atoms with Crippen molar-refractivity contribution in [2.75, 3.05) is 26.3 Å². The fourth-order valence-corrected chi connectivity index (χ4v) is 4.51. The second kappa shape index (κ2) is 9.27. The molecule has 1 aliphatic carbocycles. The first kappa shape index (κ1) is 23.1. The quantitative estimate of drug-likeness (QED) is 0.634. The molecule has 0 aromatic rings. The van der Waals surface area contributed by atoms with Gasteiger partial charge in [-0.3, -0.25) is 9.53 Å². The standard InChI is InChI=1S/C19H30F3N3O5/c1-12(28-10-18-6-2-13(3-7-18)29-11-18)15(24-17(23)27)16(26)25-8-4-14(5-9-25)30-19(20,21)22/h12-15H,2-11H2,1H3,(H3,23,24,27). The predicted octanol–water partition coefficient (Wildman–Crippen LogP) is 1.91.